The predicted molar refractivity (Wildman–Crippen MR) is 101 cm³/mol. The van der Waals surface area contributed by atoms with Crippen molar-refractivity contribution >= 4 is 22.7 Å². The summed E-state index contributed by atoms with van der Waals surface area (Å²) in [6.45, 7) is 2.11. The van der Waals surface area contributed by atoms with Gasteiger partial charge in [0.1, 0.15) is 24.6 Å². The number of aliphatic hydroxyl groups excluding tert-OH is 3. The first-order chi connectivity index (χ1) is 13.5. The molecule has 6 N–H and O–H groups in total. The lowest BCUT2D eigenvalue weighted by Crippen LogP contribution is -2.33. The van der Waals surface area contributed by atoms with Gasteiger partial charge in [0.2, 0.25) is 0 Å². The van der Waals surface area contributed by atoms with Crippen LogP contribution in [0.15, 0.2) is 30.9 Å². The number of nitrogens with zero attached hydrogens (tertiary/aromatic N) is 4. The first-order valence-electron chi connectivity index (χ1n) is 8.88. The molecule has 148 valence electrons. The average Bonchev–Trinajstić information content (AvgIpc) is 3.24. The van der Waals surface area contributed by atoms with Crippen molar-refractivity contribution in [2.45, 2.75) is 38.0 Å². The molecule has 1 unspecified atom stereocenters. The summed E-state index contributed by atoms with van der Waals surface area (Å²) in [4.78, 5) is 12.8. The lowest BCUT2D eigenvalue weighted by atomic mass is 10.1. The Balaban J connectivity index is 1.61. The van der Waals surface area contributed by atoms with Crippen molar-refractivity contribution < 1.29 is 20.1 Å². The number of fused-ring (bicyclic) bond motifs is 1. The van der Waals surface area contributed by atoms with Crippen molar-refractivity contribution in [2.75, 3.05) is 17.7 Å². The van der Waals surface area contributed by atoms with E-state index in [0.29, 0.717) is 29.2 Å². The van der Waals surface area contributed by atoms with Crippen LogP contribution >= 0.6 is 0 Å². The van der Waals surface area contributed by atoms with Crippen molar-refractivity contribution in [2.24, 2.45) is 0 Å². The third-order valence-electron chi connectivity index (χ3n) is 4.97. The van der Waals surface area contributed by atoms with Gasteiger partial charge in [0.25, 0.3) is 0 Å². The Kier molecular flexibility index (Phi) is 4.85. The van der Waals surface area contributed by atoms with Crippen LogP contribution in [0, 0.1) is 6.92 Å². The Hall–Kier alpha value is -2.79. The molecule has 1 saturated heterocycles. The minimum atomic E-state index is -1.21. The van der Waals surface area contributed by atoms with E-state index in [9.17, 15) is 15.3 Å². The third-order valence-corrected chi connectivity index (χ3v) is 4.97. The van der Waals surface area contributed by atoms with E-state index in [1.165, 1.54) is 17.2 Å². The van der Waals surface area contributed by atoms with Crippen molar-refractivity contribution in [3.8, 4) is 0 Å². The molecule has 1 aliphatic rings. The molecule has 0 saturated carbocycles. The third kappa shape index (κ3) is 3.16. The lowest BCUT2D eigenvalue weighted by Gasteiger charge is -2.16. The number of nitrogens with two attached hydrogens (primary N) is 1. The minimum Gasteiger partial charge on any atom is -0.399 e. The molecular formula is C18H22N6O4. The Bertz CT molecular complexity index is 993. The van der Waals surface area contributed by atoms with Crippen LogP contribution in [-0.2, 0) is 11.3 Å². The zero-order valence-electron chi connectivity index (χ0n) is 15.2. The predicted octanol–water partition coefficient (Wildman–Crippen LogP) is -0.0595. The van der Waals surface area contributed by atoms with E-state index in [-0.39, 0.29) is 0 Å². The molecule has 10 nitrogen and oxygen atoms in total. The number of benzene rings is 1. The van der Waals surface area contributed by atoms with Gasteiger partial charge in [-0.05, 0) is 30.2 Å². The second kappa shape index (κ2) is 7.32. The SMILES string of the molecule is Cc1ccc(N)cc1CNc1ncnc2c1ncn2C1O[C@H](CO)[C@@H](O)[C@H]1O. The van der Waals surface area contributed by atoms with Gasteiger partial charge >= 0.3 is 0 Å². The van der Waals surface area contributed by atoms with E-state index in [4.69, 9.17) is 10.5 Å². The minimum absolute atomic E-state index is 0.400. The van der Waals surface area contributed by atoms with E-state index >= 15 is 0 Å². The summed E-state index contributed by atoms with van der Waals surface area (Å²) in [7, 11) is 0. The zero-order chi connectivity index (χ0) is 19.8. The van der Waals surface area contributed by atoms with Gasteiger partial charge < -0.3 is 31.1 Å². The van der Waals surface area contributed by atoms with Gasteiger partial charge in [-0.3, -0.25) is 4.57 Å². The summed E-state index contributed by atoms with van der Waals surface area (Å²) >= 11 is 0. The molecule has 0 aliphatic carbocycles. The lowest BCUT2D eigenvalue weighted by molar-refractivity contribution is -0.0511. The fourth-order valence-electron chi connectivity index (χ4n) is 3.34. The van der Waals surface area contributed by atoms with Crippen LogP contribution in [0.25, 0.3) is 11.2 Å². The Morgan fingerprint density at radius 2 is 2.04 bits per heavy atom. The van der Waals surface area contributed by atoms with Crippen molar-refractivity contribution in [1.82, 2.24) is 19.5 Å². The monoisotopic (exact) mass is 386 g/mol. The highest BCUT2D eigenvalue weighted by Crippen LogP contribution is 2.32. The van der Waals surface area contributed by atoms with E-state index in [0.717, 1.165) is 11.1 Å². The van der Waals surface area contributed by atoms with Gasteiger partial charge in [-0.1, -0.05) is 6.07 Å². The molecule has 0 amide bonds. The summed E-state index contributed by atoms with van der Waals surface area (Å²) in [5, 5.41) is 32.8. The number of hydrogen-bond donors (Lipinski definition) is 5. The van der Waals surface area contributed by atoms with Gasteiger partial charge in [-0.2, -0.15) is 0 Å². The maximum absolute atomic E-state index is 10.3. The summed E-state index contributed by atoms with van der Waals surface area (Å²) in [6.07, 6.45) is -1.33. The average molecular weight is 386 g/mol. The maximum Gasteiger partial charge on any atom is 0.167 e. The number of nitrogens with one attached hydrogen (secondary N) is 1. The topological polar surface area (TPSA) is 152 Å². The molecule has 2 aromatic heterocycles. The number of rotatable bonds is 5. The van der Waals surface area contributed by atoms with Crippen LogP contribution in [0.4, 0.5) is 11.5 Å². The number of nitrogen functional groups attached to an aromatic ring is 1. The molecule has 1 aliphatic heterocycles. The summed E-state index contributed by atoms with van der Waals surface area (Å²) in [6, 6.07) is 5.71. The first-order valence-corrected chi connectivity index (χ1v) is 8.88. The highest BCUT2D eigenvalue weighted by atomic mass is 16.6. The summed E-state index contributed by atoms with van der Waals surface area (Å²) in [5.41, 5.74) is 9.63. The molecule has 28 heavy (non-hydrogen) atoms. The second-order valence-corrected chi connectivity index (χ2v) is 6.81. The van der Waals surface area contributed by atoms with Crippen LogP contribution in [0.2, 0.25) is 0 Å². The number of hydrogen-bond acceptors (Lipinski definition) is 9. The van der Waals surface area contributed by atoms with E-state index in [2.05, 4.69) is 20.3 Å². The number of imidazole rings is 1. The van der Waals surface area contributed by atoms with Gasteiger partial charge in [-0.15, -0.1) is 0 Å². The fourth-order valence-corrected chi connectivity index (χ4v) is 3.34. The molecule has 0 radical (unpaired) electrons. The molecule has 3 heterocycles. The smallest absolute Gasteiger partial charge is 0.167 e. The highest BCUT2D eigenvalue weighted by molar-refractivity contribution is 5.82. The molecule has 1 aromatic carbocycles. The number of aryl methyl sites for hydroxylation is 1. The number of ether oxygens (including phenoxy) is 1. The van der Waals surface area contributed by atoms with Crippen LogP contribution in [0.1, 0.15) is 17.4 Å². The van der Waals surface area contributed by atoms with Crippen molar-refractivity contribution in [3.63, 3.8) is 0 Å². The van der Waals surface area contributed by atoms with Crippen molar-refractivity contribution in [3.05, 3.63) is 42.0 Å². The van der Waals surface area contributed by atoms with Gasteiger partial charge in [-0.25, -0.2) is 15.0 Å². The molecule has 0 bridgehead atoms. The molecule has 0 spiro atoms. The Labute approximate surface area is 160 Å². The highest BCUT2D eigenvalue weighted by Gasteiger charge is 2.44. The van der Waals surface area contributed by atoms with Gasteiger partial charge in [0, 0.05) is 12.2 Å². The zero-order valence-corrected chi connectivity index (χ0v) is 15.2. The maximum atomic E-state index is 10.3. The van der Waals surface area contributed by atoms with E-state index in [1.807, 2.05) is 25.1 Å². The second-order valence-electron chi connectivity index (χ2n) is 6.81. The molecule has 4 rings (SSSR count). The van der Waals surface area contributed by atoms with E-state index < -0.39 is 31.1 Å². The Morgan fingerprint density at radius 1 is 1.21 bits per heavy atom. The van der Waals surface area contributed by atoms with Crippen LogP contribution in [0.5, 0.6) is 0 Å². The first kappa shape index (κ1) is 18.6. The number of aliphatic hydroxyl groups is 3. The summed E-state index contributed by atoms with van der Waals surface area (Å²) < 4.78 is 7.09. The number of anilines is 2. The largest absolute Gasteiger partial charge is 0.399 e. The van der Waals surface area contributed by atoms with Crippen molar-refractivity contribution in [1.29, 1.82) is 0 Å². The normalized spacial score (nSPS) is 24.7. The summed E-state index contributed by atoms with van der Waals surface area (Å²) in [5.74, 6) is 0.525. The standard InChI is InChI=1S/C18H22N6O4/c1-9-2-3-11(19)4-10(9)5-20-16-13-17(22-7-21-16)24(8-23-13)18-15(27)14(26)12(6-25)28-18/h2-4,7-8,12,14-15,18,25-27H,5-6,19H2,1H3,(H,20,21,22)/t12-,14-,15-,18?/m1/s1. The molecule has 10 heteroatoms. The van der Waals surface area contributed by atoms with Crippen LogP contribution < -0.4 is 11.1 Å². The molecular weight excluding hydrogens is 364 g/mol. The van der Waals surface area contributed by atoms with Crippen LogP contribution in [-0.4, -0.2) is 59.8 Å². The van der Waals surface area contributed by atoms with Crippen LogP contribution in [0.3, 0.4) is 0 Å². The fraction of sp³-hybridized carbons (Fsp3) is 0.389. The quantitative estimate of drug-likeness (QED) is 0.380. The Morgan fingerprint density at radius 3 is 2.79 bits per heavy atom. The number of aromatic nitrogens is 4. The van der Waals surface area contributed by atoms with Gasteiger partial charge in [0.15, 0.2) is 23.2 Å². The molecule has 1 fully saturated rings. The molecule has 4 atom stereocenters. The molecule has 3 aromatic rings. The van der Waals surface area contributed by atoms with Gasteiger partial charge in [0.05, 0.1) is 12.9 Å². The van der Waals surface area contributed by atoms with E-state index in [1.54, 1.807) is 0 Å².